The second-order valence-electron chi connectivity index (χ2n) is 9.48. The van der Waals surface area contributed by atoms with Crippen molar-refractivity contribution in [2.45, 2.75) is 71.0 Å². The highest BCUT2D eigenvalue weighted by molar-refractivity contribution is 5.82. The highest BCUT2D eigenvalue weighted by atomic mass is 19.4. The minimum Gasteiger partial charge on any atom is -0.334 e. The third-order valence-corrected chi connectivity index (χ3v) is 6.06. The largest absolute Gasteiger partial charge is 0.433 e. The molecule has 0 bridgehead atoms. The highest BCUT2D eigenvalue weighted by Gasteiger charge is 2.44. The number of hydrogen-bond donors (Lipinski definition) is 0. The molecule has 1 aliphatic carbocycles. The molecule has 3 atom stereocenters. The molecular weight excluding hydrogens is 381 g/mol. The van der Waals surface area contributed by atoms with Crippen LogP contribution in [0.15, 0.2) is 12.1 Å². The molecule has 2 fully saturated rings. The third-order valence-electron chi connectivity index (χ3n) is 6.06. The molecular formula is C21H27F3N4O. The van der Waals surface area contributed by atoms with Crippen LogP contribution in [0.1, 0.15) is 76.5 Å². The summed E-state index contributed by atoms with van der Waals surface area (Å²) in [5.74, 6) is 0.543. The lowest BCUT2D eigenvalue weighted by Crippen LogP contribution is -2.39. The zero-order valence-corrected chi connectivity index (χ0v) is 17.3. The number of carbonyl (C=O) groups excluding carboxylic acids is 1. The predicted octanol–water partition coefficient (Wildman–Crippen LogP) is 4.76. The van der Waals surface area contributed by atoms with Gasteiger partial charge in [0.25, 0.3) is 0 Å². The normalized spacial score (nSPS) is 25.5. The van der Waals surface area contributed by atoms with Crippen LogP contribution in [-0.2, 0) is 16.4 Å². The molecule has 1 amide bonds. The van der Waals surface area contributed by atoms with Crippen molar-refractivity contribution in [2.24, 2.45) is 11.8 Å². The summed E-state index contributed by atoms with van der Waals surface area (Å²) in [6.07, 6.45) is -1.10. The highest BCUT2D eigenvalue weighted by Crippen LogP contribution is 2.42. The van der Waals surface area contributed by atoms with E-state index in [1.54, 1.807) is 6.07 Å². The number of carbonyl (C=O) groups is 1. The monoisotopic (exact) mass is 408 g/mol. The number of fused-ring (bicyclic) bond motifs is 1. The second kappa shape index (κ2) is 6.71. The Labute approximate surface area is 168 Å². The number of aromatic nitrogens is 3. The van der Waals surface area contributed by atoms with E-state index >= 15 is 0 Å². The number of halogens is 3. The standard InChI is InChI=1S/C21H27F3N4O/c1-12-9-13(12)19(29)27-8-6-5-7-15(27)14-10-18-25-16(20(2,3)4)11-17(21(22,23)24)28(18)26-14/h10-13,15H,5-9H2,1-4H3/t12-,13-,15+/m1/s1. The Morgan fingerprint density at radius 1 is 1.17 bits per heavy atom. The summed E-state index contributed by atoms with van der Waals surface area (Å²) in [5.41, 5.74) is -0.315. The molecule has 3 heterocycles. The summed E-state index contributed by atoms with van der Waals surface area (Å²) in [6.45, 7) is 8.19. The number of hydrogen-bond acceptors (Lipinski definition) is 3. The molecule has 0 N–H and O–H groups in total. The van der Waals surface area contributed by atoms with Gasteiger partial charge in [-0.3, -0.25) is 4.79 Å². The fraction of sp³-hybridized carbons (Fsp3) is 0.667. The van der Waals surface area contributed by atoms with E-state index in [4.69, 9.17) is 0 Å². The molecule has 29 heavy (non-hydrogen) atoms. The van der Waals surface area contributed by atoms with Crippen LogP contribution in [0, 0.1) is 11.8 Å². The number of rotatable bonds is 2. The summed E-state index contributed by atoms with van der Waals surface area (Å²) in [4.78, 5) is 19.2. The van der Waals surface area contributed by atoms with Crippen LogP contribution in [0.3, 0.4) is 0 Å². The number of alkyl halides is 3. The number of piperidine rings is 1. The van der Waals surface area contributed by atoms with E-state index in [0.717, 1.165) is 29.8 Å². The first-order chi connectivity index (χ1) is 13.5. The second-order valence-corrected chi connectivity index (χ2v) is 9.48. The van der Waals surface area contributed by atoms with Crippen molar-refractivity contribution in [1.29, 1.82) is 0 Å². The van der Waals surface area contributed by atoms with Crippen LogP contribution < -0.4 is 0 Å². The van der Waals surface area contributed by atoms with Crippen LogP contribution in [0.5, 0.6) is 0 Å². The molecule has 0 spiro atoms. The molecule has 2 aromatic rings. The Hall–Kier alpha value is -2.12. The first-order valence-corrected chi connectivity index (χ1v) is 10.3. The lowest BCUT2D eigenvalue weighted by atomic mass is 9.91. The van der Waals surface area contributed by atoms with Crippen molar-refractivity contribution < 1.29 is 18.0 Å². The van der Waals surface area contributed by atoms with Gasteiger partial charge in [-0.05, 0) is 37.7 Å². The van der Waals surface area contributed by atoms with Crippen molar-refractivity contribution in [2.75, 3.05) is 6.54 Å². The summed E-state index contributed by atoms with van der Waals surface area (Å²) >= 11 is 0. The maximum absolute atomic E-state index is 13.7. The van der Waals surface area contributed by atoms with Gasteiger partial charge in [0, 0.05) is 23.9 Å². The van der Waals surface area contributed by atoms with Gasteiger partial charge in [-0.25, -0.2) is 9.50 Å². The average Bonchev–Trinajstić information content (AvgIpc) is 3.20. The summed E-state index contributed by atoms with van der Waals surface area (Å²) in [6, 6.07) is 2.42. The van der Waals surface area contributed by atoms with Gasteiger partial charge in [-0.2, -0.15) is 18.3 Å². The quantitative estimate of drug-likeness (QED) is 0.720. The number of likely N-dealkylation sites (tertiary alicyclic amines) is 1. The predicted molar refractivity (Wildman–Crippen MR) is 102 cm³/mol. The van der Waals surface area contributed by atoms with Crippen molar-refractivity contribution in [3.63, 3.8) is 0 Å². The van der Waals surface area contributed by atoms with Gasteiger partial charge in [0.1, 0.15) is 5.69 Å². The summed E-state index contributed by atoms with van der Waals surface area (Å²) < 4.78 is 42.1. The summed E-state index contributed by atoms with van der Waals surface area (Å²) in [7, 11) is 0. The SMILES string of the molecule is C[C@@H]1C[C@H]1C(=O)N1CCCC[C@H]1c1cc2nc(C(C)(C)C)cc(C(F)(F)F)n2n1. The van der Waals surface area contributed by atoms with Crippen molar-refractivity contribution in [1.82, 2.24) is 19.5 Å². The van der Waals surface area contributed by atoms with E-state index in [9.17, 15) is 18.0 Å². The first-order valence-electron chi connectivity index (χ1n) is 10.3. The minimum absolute atomic E-state index is 0.0454. The molecule has 0 unspecified atom stereocenters. The maximum atomic E-state index is 13.7. The summed E-state index contributed by atoms with van der Waals surface area (Å²) in [5, 5.41) is 4.30. The zero-order chi connectivity index (χ0) is 21.1. The van der Waals surface area contributed by atoms with E-state index in [-0.39, 0.29) is 23.5 Å². The van der Waals surface area contributed by atoms with Crippen molar-refractivity contribution >= 4 is 11.6 Å². The molecule has 2 aliphatic rings. The van der Waals surface area contributed by atoms with Crippen LogP contribution in [0.25, 0.3) is 5.65 Å². The topological polar surface area (TPSA) is 50.5 Å². The molecule has 1 saturated heterocycles. The molecule has 1 aliphatic heterocycles. The Balaban J connectivity index is 1.78. The van der Waals surface area contributed by atoms with Crippen LogP contribution in [0.2, 0.25) is 0 Å². The maximum Gasteiger partial charge on any atom is 0.433 e. The van der Waals surface area contributed by atoms with Crippen LogP contribution >= 0.6 is 0 Å². The minimum atomic E-state index is -4.55. The molecule has 5 nitrogen and oxygen atoms in total. The third kappa shape index (κ3) is 3.73. The van der Waals surface area contributed by atoms with Crippen molar-refractivity contribution in [3.8, 4) is 0 Å². The van der Waals surface area contributed by atoms with Gasteiger partial charge in [0.05, 0.1) is 17.4 Å². The van der Waals surface area contributed by atoms with E-state index in [1.165, 1.54) is 0 Å². The van der Waals surface area contributed by atoms with E-state index in [1.807, 2.05) is 25.7 Å². The van der Waals surface area contributed by atoms with Crippen LogP contribution in [0.4, 0.5) is 13.2 Å². The molecule has 0 aromatic carbocycles. The lowest BCUT2D eigenvalue weighted by Gasteiger charge is -2.35. The molecule has 8 heteroatoms. The Kier molecular flexibility index (Phi) is 4.66. The molecule has 2 aromatic heterocycles. The number of amides is 1. The zero-order valence-electron chi connectivity index (χ0n) is 17.3. The van der Waals surface area contributed by atoms with E-state index in [2.05, 4.69) is 17.0 Å². The van der Waals surface area contributed by atoms with Crippen LogP contribution in [-0.4, -0.2) is 31.9 Å². The van der Waals surface area contributed by atoms with Gasteiger partial charge >= 0.3 is 6.18 Å². The van der Waals surface area contributed by atoms with E-state index < -0.39 is 17.3 Å². The molecule has 0 radical (unpaired) electrons. The fourth-order valence-electron chi connectivity index (χ4n) is 4.12. The molecule has 158 valence electrons. The molecule has 1 saturated carbocycles. The Morgan fingerprint density at radius 3 is 2.45 bits per heavy atom. The lowest BCUT2D eigenvalue weighted by molar-refractivity contribution is -0.143. The Bertz CT molecular complexity index is 944. The molecule has 4 rings (SSSR count). The van der Waals surface area contributed by atoms with Gasteiger partial charge in [-0.1, -0.05) is 27.7 Å². The average molecular weight is 408 g/mol. The van der Waals surface area contributed by atoms with E-state index in [0.29, 0.717) is 30.3 Å². The van der Waals surface area contributed by atoms with Gasteiger partial charge in [0.2, 0.25) is 5.91 Å². The number of nitrogens with zero attached hydrogens (tertiary/aromatic N) is 4. The smallest absolute Gasteiger partial charge is 0.334 e. The van der Waals surface area contributed by atoms with Gasteiger partial charge in [-0.15, -0.1) is 0 Å². The Morgan fingerprint density at radius 2 is 1.86 bits per heavy atom. The van der Waals surface area contributed by atoms with Crippen molar-refractivity contribution in [3.05, 3.63) is 29.2 Å². The fourth-order valence-corrected chi connectivity index (χ4v) is 4.12. The van der Waals surface area contributed by atoms with Gasteiger partial charge < -0.3 is 4.90 Å². The first kappa shape index (κ1) is 20.2. The van der Waals surface area contributed by atoms with Gasteiger partial charge in [0.15, 0.2) is 5.65 Å².